The van der Waals surface area contributed by atoms with E-state index in [1.165, 1.54) is 61.9 Å². The van der Waals surface area contributed by atoms with Crippen molar-refractivity contribution in [1.82, 2.24) is 9.88 Å². The van der Waals surface area contributed by atoms with Crippen LogP contribution in [0.15, 0.2) is 36.7 Å². The zero-order valence-electron chi connectivity index (χ0n) is 11.8. The highest BCUT2D eigenvalue weighted by molar-refractivity contribution is 5.93. The summed E-state index contributed by atoms with van der Waals surface area (Å²) in [5.74, 6) is 0. The normalized spacial score (nSPS) is 23.8. The van der Waals surface area contributed by atoms with Crippen molar-refractivity contribution in [2.75, 3.05) is 31.1 Å². The van der Waals surface area contributed by atoms with E-state index < -0.39 is 0 Å². The molecule has 0 radical (unpaired) electrons. The Morgan fingerprint density at radius 1 is 1.05 bits per heavy atom. The molecule has 0 spiro atoms. The molecule has 1 aromatic heterocycles. The summed E-state index contributed by atoms with van der Waals surface area (Å²) in [4.78, 5) is 9.59. The van der Waals surface area contributed by atoms with Gasteiger partial charge in [0.05, 0.1) is 0 Å². The van der Waals surface area contributed by atoms with Gasteiger partial charge in [-0.05, 0) is 43.3 Å². The predicted octanol–water partition coefficient (Wildman–Crippen LogP) is 2.91. The minimum absolute atomic E-state index is 0.754. The number of anilines is 1. The quantitative estimate of drug-likeness (QED) is 0.792. The van der Waals surface area contributed by atoms with Crippen molar-refractivity contribution in [3.63, 3.8) is 0 Å². The van der Waals surface area contributed by atoms with Crippen molar-refractivity contribution in [2.45, 2.75) is 25.3 Å². The summed E-state index contributed by atoms with van der Waals surface area (Å²) < 4.78 is 0. The second kappa shape index (κ2) is 5.06. The van der Waals surface area contributed by atoms with Gasteiger partial charge in [0.2, 0.25) is 0 Å². The molecule has 104 valence electrons. The molecule has 2 aliphatic rings. The number of nitrogens with zero attached hydrogens (tertiary/aromatic N) is 3. The number of pyridine rings is 1. The Labute approximate surface area is 120 Å². The average Bonchev–Trinajstić information content (AvgIpc) is 2.84. The largest absolute Gasteiger partial charge is 0.369 e. The average molecular weight is 267 g/mol. The topological polar surface area (TPSA) is 19.4 Å². The molecule has 4 rings (SSSR count). The summed E-state index contributed by atoms with van der Waals surface area (Å²) in [7, 11) is 0. The highest BCUT2D eigenvalue weighted by Gasteiger charge is 2.29. The van der Waals surface area contributed by atoms with E-state index in [4.69, 9.17) is 0 Å². The Kier molecular flexibility index (Phi) is 3.07. The van der Waals surface area contributed by atoms with Gasteiger partial charge >= 0.3 is 0 Å². The molecule has 1 unspecified atom stereocenters. The van der Waals surface area contributed by atoms with Gasteiger partial charge in [0.15, 0.2) is 0 Å². The molecule has 0 N–H and O–H groups in total. The molecule has 2 aliphatic heterocycles. The molecular weight excluding hydrogens is 246 g/mol. The summed E-state index contributed by atoms with van der Waals surface area (Å²) in [6.07, 6.45) is 7.90. The van der Waals surface area contributed by atoms with Crippen LogP contribution in [0.3, 0.4) is 0 Å². The first-order valence-electron chi connectivity index (χ1n) is 7.73. The lowest BCUT2D eigenvalue weighted by molar-refractivity contribution is 0.273. The van der Waals surface area contributed by atoms with E-state index in [-0.39, 0.29) is 0 Å². The molecule has 2 aromatic rings. The van der Waals surface area contributed by atoms with Gasteiger partial charge in [-0.15, -0.1) is 0 Å². The van der Waals surface area contributed by atoms with E-state index in [9.17, 15) is 0 Å². The van der Waals surface area contributed by atoms with E-state index in [0.29, 0.717) is 0 Å². The van der Waals surface area contributed by atoms with Crippen LogP contribution in [0.5, 0.6) is 0 Å². The van der Waals surface area contributed by atoms with Crippen LogP contribution in [0.1, 0.15) is 19.3 Å². The van der Waals surface area contributed by atoms with Gasteiger partial charge in [0.25, 0.3) is 0 Å². The predicted molar refractivity (Wildman–Crippen MR) is 83.2 cm³/mol. The lowest BCUT2D eigenvalue weighted by Gasteiger charge is -2.28. The first-order chi connectivity index (χ1) is 9.92. The van der Waals surface area contributed by atoms with E-state index in [2.05, 4.69) is 39.0 Å². The molecule has 2 saturated heterocycles. The maximum absolute atomic E-state index is 4.32. The van der Waals surface area contributed by atoms with Crippen molar-refractivity contribution < 1.29 is 0 Å². The van der Waals surface area contributed by atoms with E-state index >= 15 is 0 Å². The van der Waals surface area contributed by atoms with Crippen molar-refractivity contribution in [3.05, 3.63) is 36.7 Å². The minimum Gasteiger partial charge on any atom is -0.369 e. The first-order valence-corrected chi connectivity index (χ1v) is 7.73. The summed E-state index contributed by atoms with van der Waals surface area (Å²) in [6, 6.07) is 9.48. The van der Waals surface area contributed by atoms with Crippen LogP contribution in [0.4, 0.5) is 5.69 Å². The SMILES string of the molecule is c1cc(N2CCCN3CCCC3C2)c2cnccc2c1. The molecule has 0 aliphatic carbocycles. The van der Waals surface area contributed by atoms with Crippen LogP contribution in [0, 0.1) is 0 Å². The molecule has 0 bridgehead atoms. The van der Waals surface area contributed by atoms with Crippen LogP contribution in [-0.2, 0) is 0 Å². The standard InChI is InChI=1S/C17H21N3/c1-4-14-7-8-18-12-16(14)17(6-1)20-11-3-10-19-9-2-5-15(19)13-20/h1,4,6-8,12,15H,2-3,5,9-11,13H2. The number of hydrogen-bond acceptors (Lipinski definition) is 3. The summed E-state index contributed by atoms with van der Waals surface area (Å²) >= 11 is 0. The minimum atomic E-state index is 0.754. The summed E-state index contributed by atoms with van der Waals surface area (Å²) in [5, 5.41) is 2.59. The molecule has 1 atom stereocenters. The molecule has 3 nitrogen and oxygen atoms in total. The Morgan fingerprint density at radius 2 is 2.00 bits per heavy atom. The molecule has 0 saturated carbocycles. The smallest absolute Gasteiger partial charge is 0.0462 e. The Bertz CT molecular complexity index is 605. The van der Waals surface area contributed by atoms with Crippen LogP contribution in [0.2, 0.25) is 0 Å². The summed E-state index contributed by atoms with van der Waals surface area (Å²) in [6.45, 7) is 4.91. The Morgan fingerprint density at radius 3 is 3.00 bits per heavy atom. The highest BCUT2D eigenvalue weighted by Crippen LogP contribution is 2.29. The van der Waals surface area contributed by atoms with Crippen molar-refractivity contribution in [3.8, 4) is 0 Å². The van der Waals surface area contributed by atoms with Gasteiger partial charge in [0.1, 0.15) is 0 Å². The fraction of sp³-hybridized carbons (Fsp3) is 0.471. The van der Waals surface area contributed by atoms with E-state index in [0.717, 1.165) is 6.04 Å². The van der Waals surface area contributed by atoms with E-state index in [1.54, 1.807) is 0 Å². The van der Waals surface area contributed by atoms with Gasteiger partial charge in [-0.3, -0.25) is 9.88 Å². The van der Waals surface area contributed by atoms with Crippen LogP contribution >= 0.6 is 0 Å². The fourth-order valence-electron chi connectivity index (χ4n) is 3.80. The van der Waals surface area contributed by atoms with Gasteiger partial charge < -0.3 is 4.90 Å². The van der Waals surface area contributed by atoms with Crippen molar-refractivity contribution in [1.29, 1.82) is 0 Å². The lowest BCUT2D eigenvalue weighted by Crippen LogP contribution is -2.36. The number of fused-ring (bicyclic) bond motifs is 2. The maximum atomic E-state index is 4.32. The Hall–Kier alpha value is -1.61. The van der Waals surface area contributed by atoms with Gasteiger partial charge in [0, 0.05) is 49.1 Å². The molecule has 1 aromatic carbocycles. The lowest BCUT2D eigenvalue weighted by atomic mass is 10.1. The van der Waals surface area contributed by atoms with Crippen molar-refractivity contribution >= 4 is 16.5 Å². The molecular formula is C17H21N3. The van der Waals surface area contributed by atoms with Crippen molar-refractivity contribution in [2.24, 2.45) is 0 Å². The maximum Gasteiger partial charge on any atom is 0.0462 e. The molecule has 0 amide bonds. The third-order valence-electron chi connectivity index (χ3n) is 4.80. The van der Waals surface area contributed by atoms with Crippen LogP contribution < -0.4 is 4.90 Å². The molecule has 20 heavy (non-hydrogen) atoms. The van der Waals surface area contributed by atoms with E-state index in [1.807, 2.05) is 12.4 Å². The fourth-order valence-corrected chi connectivity index (χ4v) is 3.80. The van der Waals surface area contributed by atoms with Crippen LogP contribution in [-0.4, -0.2) is 42.1 Å². The highest BCUT2D eigenvalue weighted by atomic mass is 15.3. The van der Waals surface area contributed by atoms with Gasteiger partial charge in [-0.2, -0.15) is 0 Å². The number of hydrogen-bond donors (Lipinski definition) is 0. The monoisotopic (exact) mass is 267 g/mol. The zero-order valence-corrected chi connectivity index (χ0v) is 11.8. The second-order valence-electron chi connectivity index (χ2n) is 6.01. The molecule has 3 heteroatoms. The van der Waals surface area contributed by atoms with Gasteiger partial charge in [-0.25, -0.2) is 0 Å². The first kappa shape index (κ1) is 12.2. The Balaban J connectivity index is 1.71. The number of benzene rings is 1. The summed E-state index contributed by atoms with van der Waals surface area (Å²) in [5.41, 5.74) is 1.37. The third kappa shape index (κ3) is 2.06. The number of aromatic nitrogens is 1. The molecule has 2 fully saturated rings. The van der Waals surface area contributed by atoms with Gasteiger partial charge in [-0.1, -0.05) is 12.1 Å². The third-order valence-corrected chi connectivity index (χ3v) is 4.80. The second-order valence-corrected chi connectivity index (χ2v) is 6.01. The van der Waals surface area contributed by atoms with Crippen LogP contribution in [0.25, 0.3) is 10.8 Å². The molecule has 3 heterocycles. The zero-order chi connectivity index (χ0) is 13.4. The number of rotatable bonds is 1.